The molecule has 0 saturated carbocycles. The molecule has 0 fully saturated rings. The maximum atomic E-state index is 10.9. The summed E-state index contributed by atoms with van der Waals surface area (Å²) in [5.74, 6) is 0.843. The molecule has 0 spiro atoms. The van der Waals surface area contributed by atoms with Crippen molar-refractivity contribution >= 4 is 10.3 Å². The quantitative estimate of drug-likeness (QED) is 0.750. The van der Waals surface area contributed by atoms with E-state index in [0.717, 1.165) is 11.3 Å². The van der Waals surface area contributed by atoms with Crippen molar-refractivity contribution in [2.24, 2.45) is 5.14 Å². The standard InChI is InChI=1S/C15H14N4O4S/c1-22-14-4-2-3-12(9-14)19-10-15(17-18-19)11-5-7-13(8-6-11)23-24(16,20)21/h2-10H,1H3,(H2,16,20,21). The molecule has 1 heterocycles. The van der Waals surface area contributed by atoms with Crippen molar-refractivity contribution in [3.8, 4) is 28.4 Å². The van der Waals surface area contributed by atoms with Gasteiger partial charge in [-0.3, -0.25) is 0 Å². The van der Waals surface area contributed by atoms with Crippen LogP contribution in [0.2, 0.25) is 0 Å². The van der Waals surface area contributed by atoms with Crippen LogP contribution in [0.3, 0.4) is 0 Å². The van der Waals surface area contributed by atoms with Crippen LogP contribution in [0.5, 0.6) is 11.5 Å². The molecule has 124 valence electrons. The number of nitrogens with zero attached hydrogens (tertiary/aromatic N) is 3. The first-order valence-electron chi connectivity index (χ1n) is 6.84. The fourth-order valence-corrected chi connectivity index (χ4v) is 2.47. The minimum absolute atomic E-state index is 0.126. The van der Waals surface area contributed by atoms with Crippen LogP contribution in [-0.4, -0.2) is 30.5 Å². The molecular weight excluding hydrogens is 332 g/mol. The van der Waals surface area contributed by atoms with Crippen molar-refractivity contribution in [1.82, 2.24) is 15.0 Å². The highest BCUT2D eigenvalue weighted by Gasteiger charge is 2.08. The van der Waals surface area contributed by atoms with E-state index in [-0.39, 0.29) is 5.75 Å². The lowest BCUT2D eigenvalue weighted by Crippen LogP contribution is -2.18. The van der Waals surface area contributed by atoms with Crippen LogP contribution >= 0.6 is 0 Å². The van der Waals surface area contributed by atoms with E-state index >= 15 is 0 Å². The van der Waals surface area contributed by atoms with Crippen LogP contribution in [-0.2, 0) is 10.3 Å². The minimum atomic E-state index is -4.04. The molecule has 0 aliphatic carbocycles. The minimum Gasteiger partial charge on any atom is -0.497 e. The van der Waals surface area contributed by atoms with Crippen LogP contribution in [0.15, 0.2) is 54.7 Å². The zero-order valence-electron chi connectivity index (χ0n) is 12.7. The van der Waals surface area contributed by atoms with Crippen LogP contribution in [0, 0.1) is 0 Å². The molecule has 2 aromatic carbocycles. The van der Waals surface area contributed by atoms with Gasteiger partial charge in [-0.1, -0.05) is 11.3 Å². The molecule has 0 unspecified atom stereocenters. The largest absolute Gasteiger partial charge is 0.497 e. The Balaban J connectivity index is 1.85. The van der Waals surface area contributed by atoms with E-state index in [2.05, 4.69) is 14.5 Å². The van der Waals surface area contributed by atoms with Crippen molar-refractivity contribution in [2.45, 2.75) is 0 Å². The van der Waals surface area contributed by atoms with Gasteiger partial charge in [0.15, 0.2) is 0 Å². The third-order valence-electron chi connectivity index (χ3n) is 3.17. The number of aromatic nitrogens is 3. The molecule has 0 radical (unpaired) electrons. The van der Waals surface area contributed by atoms with E-state index in [9.17, 15) is 8.42 Å². The number of hydrogen-bond acceptors (Lipinski definition) is 6. The molecule has 8 nitrogen and oxygen atoms in total. The lowest BCUT2D eigenvalue weighted by atomic mass is 10.2. The number of hydrogen-bond donors (Lipinski definition) is 1. The first-order valence-corrected chi connectivity index (χ1v) is 8.31. The first-order chi connectivity index (χ1) is 11.4. The summed E-state index contributed by atoms with van der Waals surface area (Å²) in [5.41, 5.74) is 2.19. The molecule has 3 rings (SSSR count). The molecule has 9 heteroatoms. The third kappa shape index (κ3) is 3.70. The van der Waals surface area contributed by atoms with Crippen molar-refractivity contribution < 1.29 is 17.3 Å². The summed E-state index contributed by atoms with van der Waals surface area (Å²) >= 11 is 0. The predicted molar refractivity (Wildman–Crippen MR) is 87.1 cm³/mol. The van der Waals surface area contributed by atoms with E-state index in [4.69, 9.17) is 9.88 Å². The number of methoxy groups -OCH3 is 1. The van der Waals surface area contributed by atoms with Gasteiger partial charge in [-0.2, -0.15) is 13.6 Å². The van der Waals surface area contributed by atoms with Crippen LogP contribution in [0.25, 0.3) is 16.9 Å². The van der Waals surface area contributed by atoms with Gasteiger partial charge in [0.2, 0.25) is 0 Å². The molecule has 0 atom stereocenters. The molecule has 2 N–H and O–H groups in total. The Kier molecular flexibility index (Phi) is 4.19. The van der Waals surface area contributed by atoms with Crippen molar-refractivity contribution in [1.29, 1.82) is 0 Å². The zero-order valence-corrected chi connectivity index (χ0v) is 13.5. The summed E-state index contributed by atoms with van der Waals surface area (Å²) < 4.78 is 33.2. The highest BCUT2D eigenvalue weighted by Crippen LogP contribution is 2.22. The number of ether oxygens (including phenoxy) is 1. The molecule has 0 aliphatic rings. The monoisotopic (exact) mass is 346 g/mol. The average Bonchev–Trinajstić information content (AvgIpc) is 3.04. The smallest absolute Gasteiger partial charge is 0.380 e. The molecule has 0 bridgehead atoms. The highest BCUT2D eigenvalue weighted by atomic mass is 32.2. The van der Waals surface area contributed by atoms with E-state index in [1.807, 2.05) is 24.3 Å². The number of rotatable bonds is 5. The summed E-state index contributed by atoms with van der Waals surface area (Å²) in [5, 5.41) is 13.0. The summed E-state index contributed by atoms with van der Waals surface area (Å²) in [7, 11) is -2.44. The Morgan fingerprint density at radius 3 is 2.50 bits per heavy atom. The normalized spacial score (nSPS) is 11.2. The fraction of sp³-hybridized carbons (Fsp3) is 0.0667. The topological polar surface area (TPSA) is 109 Å². The lowest BCUT2D eigenvalue weighted by molar-refractivity contribution is 0.414. The van der Waals surface area contributed by atoms with Crippen LogP contribution in [0.4, 0.5) is 0 Å². The van der Waals surface area contributed by atoms with Gasteiger partial charge >= 0.3 is 10.3 Å². The highest BCUT2D eigenvalue weighted by molar-refractivity contribution is 7.84. The maximum Gasteiger partial charge on any atom is 0.380 e. The van der Waals surface area contributed by atoms with Crippen molar-refractivity contribution in [3.05, 3.63) is 54.7 Å². The van der Waals surface area contributed by atoms with Gasteiger partial charge in [0, 0.05) is 11.6 Å². The molecule has 1 aromatic heterocycles. The molecular formula is C15H14N4O4S. The Hall–Kier alpha value is -2.91. The fourth-order valence-electron chi connectivity index (χ4n) is 2.09. The van der Waals surface area contributed by atoms with Crippen LogP contribution < -0.4 is 14.1 Å². The van der Waals surface area contributed by atoms with Gasteiger partial charge in [-0.15, -0.1) is 5.10 Å². The predicted octanol–water partition coefficient (Wildman–Crippen LogP) is 1.53. The number of benzene rings is 2. The van der Waals surface area contributed by atoms with Gasteiger partial charge < -0.3 is 8.92 Å². The molecule has 3 aromatic rings. The Bertz CT molecular complexity index is 952. The lowest BCUT2D eigenvalue weighted by Gasteiger charge is -2.03. The molecule has 24 heavy (non-hydrogen) atoms. The van der Waals surface area contributed by atoms with Crippen molar-refractivity contribution in [2.75, 3.05) is 7.11 Å². The second-order valence-electron chi connectivity index (χ2n) is 4.85. The van der Waals surface area contributed by atoms with Gasteiger partial charge in [-0.25, -0.2) is 4.68 Å². The SMILES string of the molecule is COc1cccc(-n2cc(-c3ccc(OS(N)(=O)=O)cc3)nn2)c1. The first kappa shape index (κ1) is 16.0. The van der Waals surface area contributed by atoms with E-state index < -0.39 is 10.3 Å². The third-order valence-corrected chi connectivity index (χ3v) is 3.60. The Morgan fingerprint density at radius 1 is 1.08 bits per heavy atom. The molecule has 0 aliphatic heterocycles. The van der Waals surface area contributed by atoms with Crippen molar-refractivity contribution in [3.63, 3.8) is 0 Å². The van der Waals surface area contributed by atoms with Gasteiger partial charge in [-0.05, 0) is 36.4 Å². The summed E-state index contributed by atoms with van der Waals surface area (Å²) in [6.45, 7) is 0. The maximum absolute atomic E-state index is 10.9. The Morgan fingerprint density at radius 2 is 1.83 bits per heavy atom. The zero-order chi connectivity index (χ0) is 17.2. The Labute approximate surface area is 138 Å². The summed E-state index contributed by atoms with van der Waals surface area (Å²) in [6, 6.07) is 13.7. The van der Waals surface area contributed by atoms with Gasteiger partial charge in [0.1, 0.15) is 17.2 Å². The summed E-state index contributed by atoms with van der Waals surface area (Å²) in [4.78, 5) is 0. The average molecular weight is 346 g/mol. The second-order valence-corrected chi connectivity index (χ2v) is 6.00. The van der Waals surface area contributed by atoms with E-state index in [0.29, 0.717) is 11.4 Å². The van der Waals surface area contributed by atoms with Gasteiger partial charge in [0.05, 0.1) is 19.0 Å². The number of nitrogens with two attached hydrogens (primary N) is 1. The van der Waals surface area contributed by atoms with E-state index in [1.165, 1.54) is 12.1 Å². The molecule has 0 amide bonds. The molecule has 0 saturated heterocycles. The van der Waals surface area contributed by atoms with Gasteiger partial charge in [0.25, 0.3) is 0 Å². The van der Waals surface area contributed by atoms with Crippen LogP contribution in [0.1, 0.15) is 0 Å². The second kappa shape index (κ2) is 6.30. The summed E-state index contributed by atoms with van der Waals surface area (Å²) in [6.07, 6.45) is 1.75. The van der Waals surface area contributed by atoms with E-state index in [1.54, 1.807) is 30.1 Å².